The van der Waals surface area contributed by atoms with Gasteiger partial charge in [-0.1, -0.05) is 164 Å². The number of imidazole rings is 1. The summed E-state index contributed by atoms with van der Waals surface area (Å²) in [7, 11) is 0. The number of nitrogens with zero attached hydrogens (tertiary/aromatic N) is 4. The highest BCUT2D eigenvalue weighted by molar-refractivity contribution is 6.25. The molecule has 274 valence electrons. The third-order valence-corrected chi connectivity index (χ3v) is 12.4. The molecule has 0 fully saturated rings. The predicted octanol–water partition coefficient (Wildman–Crippen LogP) is 14.3. The van der Waals surface area contributed by atoms with Crippen molar-refractivity contribution in [3.05, 3.63) is 206 Å². The highest BCUT2D eigenvalue weighted by Gasteiger charge is 2.24. The van der Waals surface area contributed by atoms with Gasteiger partial charge >= 0.3 is 0 Å². The quantitative estimate of drug-likeness (QED) is 0.165. The van der Waals surface area contributed by atoms with E-state index in [1.807, 2.05) is 0 Å². The lowest BCUT2D eigenvalue weighted by Gasteiger charge is -2.16. The van der Waals surface area contributed by atoms with Crippen LogP contribution in [0.3, 0.4) is 0 Å². The van der Waals surface area contributed by atoms with Gasteiger partial charge in [-0.15, -0.1) is 0 Å². The van der Waals surface area contributed by atoms with Gasteiger partial charge in [-0.2, -0.15) is 0 Å². The minimum atomic E-state index is 0.921. The maximum absolute atomic E-state index is 5.64. The molecule has 0 atom stereocenters. The Morgan fingerprint density at radius 1 is 0.288 bits per heavy atom. The fraction of sp³-hybridized carbons (Fsp3) is 0. The van der Waals surface area contributed by atoms with Crippen LogP contribution in [0.25, 0.3) is 115 Å². The Morgan fingerprint density at radius 2 is 0.746 bits per heavy atom. The standard InChI is InChI=1S/C55H34N4/c1-2-18-36(19-3-1)57-49-30-12-10-25-42(49)46-32-33-47-43-26-11-13-31-50(43)58(54(47)53(46)57)37-20-15-21-38(34-37)59-52-45-28-9-7-24-41(45)40-23-6-8-27-44(40)51(52)56-55(59)48-29-14-17-35-16-4-5-22-39(35)48/h1-34H. The minimum absolute atomic E-state index is 0.921. The van der Waals surface area contributed by atoms with Gasteiger partial charge in [-0.3, -0.25) is 4.57 Å². The Hall–Kier alpha value is -7.95. The molecule has 13 rings (SSSR count). The molecule has 3 aromatic heterocycles. The molecule has 13 aromatic rings. The van der Waals surface area contributed by atoms with Crippen molar-refractivity contribution in [2.45, 2.75) is 0 Å². The van der Waals surface area contributed by atoms with Gasteiger partial charge in [-0.25, -0.2) is 4.98 Å². The highest BCUT2D eigenvalue weighted by atomic mass is 15.1. The van der Waals surface area contributed by atoms with Crippen LogP contribution in [0.2, 0.25) is 0 Å². The number of para-hydroxylation sites is 3. The first kappa shape index (κ1) is 32.2. The van der Waals surface area contributed by atoms with E-state index in [-0.39, 0.29) is 0 Å². The molecule has 0 amide bonds. The van der Waals surface area contributed by atoms with E-state index in [1.165, 1.54) is 70.5 Å². The zero-order valence-corrected chi connectivity index (χ0v) is 31.9. The van der Waals surface area contributed by atoms with Crippen molar-refractivity contribution in [2.24, 2.45) is 0 Å². The first-order valence-corrected chi connectivity index (χ1v) is 20.2. The van der Waals surface area contributed by atoms with E-state index >= 15 is 0 Å². The second kappa shape index (κ2) is 12.3. The molecule has 0 spiro atoms. The Bertz CT molecular complexity index is 3840. The second-order valence-corrected chi connectivity index (χ2v) is 15.5. The van der Waals surface area contributed by atoms with Gasteiger partial charge in [0, 0.05) is 54.9 Å². The lowest BCUT2D eigenvalue weighted by molar-refractivity contribution is 1.09. The first-order valence-electron chi connectivity index (χ1n) is 20.2. The number of rotatable bonds is 4. The van der Waals surface area contributed by atoms with Crippen LogP contribution >= 0.6 is 0 Å². The first-order chi connectivity index (χ1) is 29.3. The lowest BCUT2D eigenvalue weighted by Crippen LogP contribution is -2.02. The number of hydrogen-bond donors (Lipinski definition) is 0. The van der Waals surface area contributed by atoms with E-state index in [0.29, 0.717) is 0 Å². The van der Waals surface area contributed by atoms with Gasteiger partial charge in [0.05, 0.1) is 33.1 Å². The van der Waals surface area contributed by atoms with Crippen LogP contribution in [0.15, 0.2) is 206 Å². The van der Waals surface area contributed by atoms with E-state index in [1.54, 1.807) is 0 Å². The van der Waals surface area contributed by atoms with Crippen molar-refractivity contribution in [2.75, 3.05) is 0 Å². The summed E-state index contributed by atoms with van der Waals surface area (Å²) < 4.78 is 7.35. The van der Waals surface area contributed by atoms with Crippen LogP contribution in [-0.4, -0.2) is 18.7 Å². The maximum Gasteiger partial charge on any atom is 0.146 e. The van der Waals surface area contributed by atoms with Gasteiger partial charge in [0.25, 0.3) is 0 Å². The summed E-state index contributed by atoms with van der Waals surface area (Å²) in [6.07, 6.45) is 0. The largest absolute Gasteiger partial charge is 0.307 e. The van der Waals surface area contributed by atoms with Gasteiger partial charge in [0.15, 0.2) is 0 Å². The van der Waals surface area contributed by atoms with Crippen LogP contribution < -0.4 is 0 Å². The monoisotopic (exact) mass is 750 g/mol. The van der Waals surface area contributed by atoms with Crippen molar-refractivity contribution in [1.29, 1.82) is 0 Å². The number of hydrogen-bond acceptors (Lipinski definition) is 1. The third kappa shape index (κ3) is 4.51. The van der Waals surface area contributed by atoms with Crippen LogP contribution in [-0.2, 0) is 0 Å². The molecule has 0 radical (unpaired) electrons. The van der Waals surface area contributed by atoms with Crippen LogP contribution in [0.4, 0.5) is 0 Å². The summed E-state index contributed by atoms with van der Waals surface area (Å²) in [4.78, 5) is 5.64. The third-order valence-electron chi connectivity index (χ3n) is 12.4. The van der Waals surface area contributed by atoms with Crippen LogP contribution in [0, 0.1) is 0 Å². The van der Waals surface area contributed by atoms with Gasteiger partial charge < -0.3 is 9.13 Å². The van der Waals surface area contributed by atoms with E-state index in [0.717, 1.165) is 44.9 Å². The molecule has 4 heteroatoms. The van der Waals surface area contributed by atoms with Gasteiger partial charge in [-0.05, 0) is 64.0 Å². The Morgan fingerprint density at radius 3 is 1.44 bits per heavy atom. The molecule has 59 heavy (non-hydrogen) atoms. The maximum atomic E-state index is 5.64. The molecular weight excluding hydrogens is 717 g/mol. The molecule has 0 saturated heterocycles. The fourth-order valence-electron chi connectivity index (χ4n) is 9.94. The molecule has 10 aromatic carbocycles. The zero-order chi connectivity index (χ0) is 38.6. The van der Waals surface area contributed by atoms with Crippen molar-refractivity contribution in [3.8, 4) is 28.5 Å². The normalized spacial score (nSPS) is 12.1. The lowest BCUT2D eigenvalue weighted by atomic mass is 10.00. The summed E-state index contributed by atoms with van der Waals surface area (Å²) in [5.74, 6) is 0.921. The Balaban J connectivity index is 1.18. The number of aromatic nitrogens is 4. The molecule has 0 aliphatic carbocycles. The van der Waals surface area contributed by atoms with Crippen molar-refractivity contribution in [3.63, 3.8) is 0 Å². The van der Waals surface area contributed by atoms with Gasteiger partial charge in [0.2, 0.25) is 0 Å². The molecule has 0 aliphatic rings. The van der Waals surface area contributed by atoms with Gasteiger partial charge in [0.1, 0.15) is 5.82 Å². The molecule has 0 unspecified atom stereocenters. The van der Waals surface area contributed by atoms with Crippen molar-refractivity contribution >= 4 is 87.0 Å². The molecule has 0 N–H and O–H groups in total. The number of benzene rings is 10. The molecule has 0 aliphatic heterocycles. The average Bonchev–Trinajstić information content (AvgIpc) is 3.98. The second-order valence-electron chi connectivity index (χ2n) is 15.5. The van der Waals surface area contributed by atoms with E-state index < -0.39 is 0 Å². The topological polar surface area (TPSA) is 27.7 Å². The summed E-state index contributed by atoms with van der Waals surface area (Å²) in [5.41, 5.74) is 11.2. The molecule has 0 saturated carbocycles. The molecule has 0 bridgehead atoms. The fourth-order valence-corrected chi connectivity index (χ4v) is 9.94. The summed E-state index contributed by atoms with van der Waals surface area (Å²) in [6, 6.07) is 74.8. The van der Waals surface area contributed by atoms with Crippen molar-refractivity contribution in [1.82, 2.24) is 18.7 Å². The smallest absolute Gasteiger partial charge is 0.146 e. The van der Waals surface area contributed by atoms with E-state index in [9.17, 15) is 0 Å². The van der Waals surface area contributed by atoms with Crippen LogP contribution in [0.5, 0.6) is 0 Å². The Labute approximate surface area is 339 Å². The van der Waals surface area contributed by atoms with E-state index in [2.05, 4.69) is 220 Å². The molecule has 4 nitrogen and oxygen atoms in total. The molecular formula is C55H34N4. The molecule has 3 heterocycles. The minimum Gasteiger partial charge on any atom is -0.307 e. The van der Waals surface area contributed by atoms with E-state index in [4.69, 9.17) is 4.98 Å². The summed E-state index contributed by atoms with van der Waals surface area (Å²) >= 11 is 0. The Kier molecular flexibility index (Phi) is 6.69. The number of fused-ring (bicyclic) bond motifs is 14. The van der Waals surface area contributed by atoms with Crippen LogP contribution in [0.1, 0.15) is 0 Å². The predicted molar refractivity (Wildman–Crippen MR) is 248 cm³/mol. The summed E-state index contributed by atoms with van der Waals surface area (Å²) in [5, 5.41) is 12.0. The SMILES string of the molecule is c1ccc(-n2c3ccccc3c3ccc4c5ccccc5n(-c5cccc(-n6c(-c7cccc8ccccc78)nc7c8ccccc8c8ccccc8c76)c5)c4c32)cc1. The summed E-state index contributed by atoms with van der Waals surface area (Å²) in [6.45, 7) is 0. The van der Waals surface area contributed by atoms with Crippen molar-refractivity contribution < 1.29 is 0 Å². The highest BCUT2D eigenvalue weighted by Crippen LogP contribution is 2.44. The average molecular weight is 751 g/mol. The zero-order valence-electron chi connectivity index (χ0n) is 31.9.